The van der Waals surface area contributed by atoms with Crippen LogP contribution in [0, 0.1) is 5.53 Å². The van der Waals surface area contributed by atoms with Gasteiger partial charge in [-0.3, -0.25) is 0 Å². The van der Waals surface area contributed by atoms with Gasteiger partial charge in [0, 0.05) is 6.20 Å². The lowest BCUT2D eigenvalue weighted by molar-refractivity contribution is 0.434. The molecule has 10 heavy (non-hydrogen) atoms. The number of hydrogen-bond donors (Lipinski definition) is 2. The van der Waals surface area contributed by atoms with Crippen LogP contribution in [0.4, 0.5) is 5.69 Å². The highest BCUT2D eigenvalue weighted by atomic mass is 16.5. The van der Waals surface area contributed by atoms with E-state index in [4.69, 9.17) is 10.1 Å². The molecule has 1 aliphatic carbocycles. The molecule has 50 valence electrons. The molecule has 1 heterocycles. The van der Waals surface area contributed by atoms with E-state index in [2.05, 4.69) is 10.3 Å². The summed E-state index contributed by atoms with van der Waals surface area (Å²) in [6.07, 6.45) is 1.68. The highest BCUT2D eigenvalue weighted by molar-refractivity contribution is 5.74. The molecule has 0 aromatic rings. The van der Waals surface area contributed by atoms with Gasteiger partial charge in [-0.2, -0.15) is 5.11 Å². The predicted octanol–water partition coefficient (Wildman–Crippen LogP) is 2.37. The molecule has 0 bridgehead atoms. The van der Waals surface area contributed by atoms with Crippen molar-refractivity contribution in [3.63, 3.8) is 0 Å². The van der Waals surface area contributed by atoms with E-state index in [0.29, 0.717) is 5.69 Å². The van der Waals surface area contributed by atoms with Gasteiger partial charge in [-0.25, -0.2) is 10.7 Å². The van der Waals surface area contributed by atoms with E-state index in [1.54, 1.807) is 18.3 Å². The Kier molecular flexibility index (Phi) is 0.887. The first-order chi connectivity index (χ1) is 4.92. The van der Waals surface area contributed by atoms with E-state index in [9.17, 15) is 0 Å². The van der Waals surface area contributed by atoms with E-state index >= 15 is 0 Å². The van der Waals surface area contributed by atoms with Crippen LogP contribution in [0.5, 0.6) is 0 Å². The Morgan fingerprint density at radius 1 is 1.50 bits per heavy atom. The van der Waals surface area contributed by atoms with Crippen LogP contribution < -0.4 is 0 Å². The van der Waals surface area contributed by atoms with Gasteiger partial charge in [0.05, 0.1) is 11.3 Å². The Bertz CT molecular complexity index is 322. The smallest absolute Gasteiger partial charge is 0.166 e. The van der Waals surface area contributed by atoms with Crippen LogP contribution in [0.2, 0.25) is 0 Å². The SMILES string of the molecule is N=Nc1ccc2o[nH]cc1-2. The Labute approximate surface area is 56.7 Å². The summed E-state index contributed by atoms with van der Waals surface area (Å²) in [5.74, 6) is 0.742. The minimum atomic E-state index is 0.639. The van der Waals surface area contributed by atoms with Gasteiger partial charge in [0.15, 0.2) is 5.76 Å². The van der Waals surface area contributed by atoms with E-state index in [1.807, 2.05) is 0 Å². The number of aromatic amines is 1. The fourth-order valence-corrected chi connectivity index (χ4v) is 0.944. The van der Waals surface area contributed by atoms with Gasteiger partial charge >= 0.3 is 0 Å². The summed E-state index contributed by atoms with van der Waals surface area (Å²) in [5.41, 5.74) is 8.25. The second-order valence-corrected chi connectivity index (χ2v) is 1.97. The minimum Gasteiger partial charge on any atom is -0.382 e. The van der Waals surface area contributed by atoms with Crippen molar-refractivity contribution in [3.05, 3.63) is 18.3 Å². The summed E-state index contributed by atoms with van der Waals surface area (Å²) in [6, 6.07) is 3.52. The Hall–Kier alpha value is -1.58. The number of fused-ring (bicyclic) bond motifs is 1. The van der Waals surface area contributed by atoms with Crippen molar-refractivity contribution in [2.24, 2.45) is 5.11 Å². The maximum Gasteiger partial charge on any atom is 0.166 e. The minimum absolute atomic E-state index is 0.639. The number of hydrogen-bond acceptors (Lipinski definition) is 3. The highest BCUT2D eigenvalue weighted by Gasteiger charge is 2.11. The van der Waals surface area contributed by atoms with Crippen molar-refractivity contribution in [3.8, 4) is 11.3 Å². The molecule has 2 rings (SSSR count). The van der Waals surface area contributed by atoms with E-state index in [-0.39, 0.29) is 0 Å². The fraction of sp³-hybridized carbons (Fsp3) is 0. The zero-order valence-corrected chi connectivity index (χ0v) is 5.09. The van der Waals surface area contributed by atoms with Crippen molar-refractivity contribution in [1.29, 1.82) is 5.53 Å². The van der Waals surface area contributed by atoms with Crippen molar-refractivity contribution in [2.45, 2.75) is 0 Å². The van der Waals surface area contributed by atoms with Gasteiger partial charge in [-0.15, -0.1) is 0 Å². The zero-order valence-electron chi connectivity index (χ0n) is 5.09. The lowest BCUT2D eigenvalue weighted by Gasteiger charge is -1.81. The molecule has 4 heteroatoms. The summed E-state index contributed by atoms with van der Waals surface area (Å²) in [6.45, 7) is 0. The van der Waals surface area contributed by atoms with E-state index < -0.39 is 0 Å². The van der Waals surface area contributed by atoms with Crippen LogP contribution in [0.1, 0.15) is 0 Å². The normalized spacial score (nSPS) is 10.4. The molecular weight excluding hydrogens is 130 g/mol. The van der Waals surface area contributed by atoms with Gasteiger partial charge in [0.2, 0.25) is 0 Å². The van der Waals surface area contributed by atoms with Gasteiger partial charge in [0.1, 0.15) is 0 Å². The number of aromatic nitrogens is 1. The van der Waals surface area contributed by atoms with Gasteiger partial charge < -0.3 is 4.52 Å². The van der Waals surface area contributed by atoms with Crippen LogP contribution in [-0.4, -0.2) is 5.16 Å². The molecule has 0 saturated carbocycles. The standard InChI is InChI=1S/C6H5N3O/c7-9-5-1-2-6-4(5)3-8-10-6/h1-3,7-8H. The summed E-state index contributed by atoms with van der Waals surface area (Å²) in [5, 5.41) is 5.88. The summed E-state index contributed by atoms with van der Waals surface area (Å²) in [7, 11) is 0. The molecule has 1 aliphatic heterocycles. The molecule has 0 unspecified atom stereocenters. The molecule has 2 aliphatic rings. The molecule has 2 N–H and O–H groups in total. The van der Waals surface area contributed by atoms with Gasteiger partial charge in [-0.1, -0.05) is 0 Å². The summed E-state index contributed by atoms with van der Waals surface area (Å²) >= 11 is 0. The third kappa shape index (κ3) is 0.500. The first-order valence-electron chi connectivity index (χ1n) is 2.84. The van der Waals surface area contributed by atoms with Crippen molar-refractivity contribution >= 4 is 5.69 Å². The van der Waals surface area contributed by atoms with E-state index in [1.165, 1.54) is 0 Å². The Balaban J connectivity index is 2.71. The monoisotopic (exact) mass is 135 g/mol. The molecular formula is C6H5N3O. The summed E-state index contributed by atoms with van der Waals surface area (Å²) in [4.78, 5) is 0. The van der Waals surface area contributed by atoms with Gasteiger partial charge in [0.25, 0.3) is 0 Å². The Morgan fingerprint density at radius 2 is 2.40 bits per heavy atom. The number of rotatable bonds is 1. The number of nitrogens with one attached hydrogen (secondary N) is 2. The maximum absolute atomic E-state index is 6.75. The fourth-order valence-electron chi connectivity index (χ4n) is 0.944. The van der Waals surface area contributed by atoms with E-state index in [0.717, 1.165) is 11.3 Å². The highest BCUT2D eigenvalue weighted by Crippen LogP contribution is 2.33. The average Bonchev–Trinajstić information content (AvgIpc) is 2.44. The molecule has 0 amide bonds. The molecule has 0 radical (unpaired) electrons. The van der Waals surface area contributed by atoms with Gasteiger partial charge in [-0.05, 0) is 12.1 Å². The number of nitrogens with zero attached hydrogens (tertiary/aromatic N) is 1. The molecule has 0 saturated heterocycles. The molecule has 0 aromatic carbocycles. The molecule has 0 fully saturated rings. The quantitative estimate of drug-likeness (QED) is 0.579. The largest absolute Gasteiger partial charge is 0.382 e. The molecule has 0 atom stereocenters. The Morgan fingerprint density at radius 3 is 3.20 bits per heavy atom. The van der Waals surface area contributed by atoms with Crippen LogP contribution in [-0.2, 0) is 0 Å². The first kappa shape index (κ1) is 5.22. The third-order valence-corrected chi connectivity index (χ3v) is 1.43. The molecule has 0 spiro atoms. The second-order valence-electron chi connectivity index (χ2n) is 1.97. The van der Waals surface area contributed by atoms with Crippen LogP contribution in [0.15, 0.2) is 28.0 Å². The lowest BCUT2D eigenvalue weighted by Crippen LogP contribution is -1.57. The molecule has 0 aromatic heterocycles. The zero-order chi connectivity index (χ0) is 6.97. The average molecular weight is 135 g/mol. The lowest BCUT2D eigenvalue weighted by atomic mass is 10.3. The third-order valence-electron chi connectivity index (χ3n) is 1.43. The van der Waals surface area contributed by atoms with Crippen LogP contribution >= 0.6 is 0 Å². The van der Waals surface area contributed by atoms with Crippen LogP contribution in [0.25, 0.3) is 11.3 Å². The predicted molar refractivity (Wildman–Crippen MR) is 34.5 cm³/mol. The maximum atomic E-state index is 6.75. The first-order valence-corrected chi connectivity index (χ1v) is 2.84. The van der Waals surface area contributed by atoms with Crippen molar-refractivity contribution in [2.75, 3.05) is 0 Å². The van der Waals surface area contributed by atoms with Crippen LogP contribution in [0.3, 0.4) is 0 Å². The number of H-pyrrole nitrogens is 1. The van der Waals surface area contributed by atoms with Crippen molar-refractivity contribution in [1.82, 2.24) is 5.16 Å². The van der Waals surface area contributed by atoms with Crippen molar-refractivity contribution < 1.29 is 4.52 Å². The molecule has 4 nitrogen and oxygen atoms in total. The second kappa shape index (κ2) is 1.70. The topological polar surface area (TPSA) is 65.1 Å². The summed E-state index contributed by atoms with van der Waals surface area (Å²) < 4.78 is 4.93.